The first-order chi connectivity index (χ1) is 12.1. The van der Waals surface area contributed by atoms with Gasteiger partial charge in [0.25, 0.3) is 0 Å². The number of unbranched alkanes of at least 4 members (excludes halogenated alkanes) is 1. The summed E-state index contributed by atoms with van der Waals surface area (Å²) in [4.78, 5) is 4.66. The van der Waals surface area contributed by atoms with Gasteiger partial charge in [-0.3, -0.25) is 10.4 Å². The van der Waals surface area contributed by atoms with Crippen molar-refractivity contribution in [1.29, 1.82) is 5.41 Å². The standard InChI is InChI=1S/C20H19F2N2O/c1-2-3-8-24-18-6-5-17-19(7-4-13(12-23)20(17)18)25-16-10-14(21)9-15(22)11-16/h4,7,9-11,23H,2-3,5-6,8H2,1H3. The maximum Gasteiger partial charge on any atom is 0.133 e. The molecule has 2 aromatic carbocycles. The normalized spacial score (nSPS) is 14.6. The van der Waals surface area contributed by atoms with E-state index in [-0.39, 0.29) is 5.75 Å². The summed E-state index contributed by atoms with van der Waals surface area (Å²) in [6.45, 7) is 2.87. The first-order valence-electron chi connectivity index (χ1n) is 8.38. The molecule has 1 aliphatic carbocycles. The molecule has 0 aromatic heterocycles. The fourth-order valence-corrected chi connectivity index (χ4v) is 3.02. The zero-order valence-electron chi connectivity index (χ0n) is 14.0. The molecule has 0 fully saturated rings. The molecule has 0 atom stereocenters. The van der Waals surface area contributed by atoms with Gasteiger partial charge in [0.1, 0.15) is 23.1 Å². The predicted octanol–water partition coefficient (Wildman–Crippen LogP) is 5.17. The van der Waals surface area contributed by atoms with Crippen LogP contribution in [0.5, 0.6) is 11.5 Å². The lowest BCUT2D eigenvalue weighted by molar-refractivity contribution is 0.463. The summed E-state index contributed by atoms with van der Waals surface area (Å²) in [7, 11) is 0. The Kier molecular flexibility index (Phi) is 5.22. The highest BCUT2D eigenvalue weighted by molar-refractivity contribution is 6.10. The molecule has 1 radical (unpaired) electrons. The number of rotatable bonds is 6. The number of nitrogens with one attached hydrogen (secondary N) is 1. The lowest BCUT2D eigenvalue weighted by Crippen LogP contribution is -2.02. The maximum absolute atomic E-state index is 13.4. The zero-order chi connectivity index (χ0) is 17.8. The lowest BCUT2D eigenvalue weighted by atomic mass is 10.0. The van der Waals surface area contributed by atoms with Gasteiger partial charge >= 0.3 is 0 Å². The van der Waals surface area contributed by atoms with Crippen LogP contribution < -0.4 is 4.74 Å². The Bertz CT molecular complexity index is 810. The van der Waals surface area contributed by atoms with Crippen LogP contribution in [-0.2, 0) is 6.42 Å². The van der Waals surface area contributed by atoms with E-state index >= 15 is 0 Å². The van der Waals surface area contributed by atoms with Gasteiger partial charge < -0.3 is 4.74 Å². The van der Waals surface area contributed by atoms with E-state index in [0.717, 1.165) is 67.3 Å². The van der Waals surface area contributed by atoms with Crippen molar-refractivity contribution in [3.8, 4) is 11.5 Å². The van der Waals surface area contributed by atoms with Crippen LogP contribution in [0.3, 0.4) is 0 Å². The summed E-state index contributed by atoms with van der Waals surface area (Å²) in [6, 6.07) is 6.56. The summed E-state index contributed by atoms with van der Waals surface area (Å²) < 4.78 is 32.5. The van der Waals surface area contributed by atoms with Gasteiger partial charge in [-0.15, -0.1) is 0 Å². The van der Waals surface area contributed by atoms with E-state index < -0.39 is 11.6 Å². The number of fused-ring (bicyclic) bond motifs is 1. The molecule has 3 rings (SSSR count). The van der Waals surface area contributed by atoms with Crippen LogP contribution in [0.2, 0.25) is 0 Å². The third kappa shape index (κ3) is 3.76. The Hall–Kier alpha value is -2.56. The maximum atomic E-state index is 13.4. The van der Waals surface area contributed by atoms with Gasteiger partial charge in [-0.1, -0.05) is 13.3 Å². The minimum Gasteiger partial charge on any atom is -0.457 e. The van der Waals surface area contributed by atoms with E-state index in [1.165, 1.54) is 0 Å². The Morgan fingerprint density at radius 3 is 2.60 bits per heavy atom. The second-order valence-electron chi connectivity index (χ2n) is 5.98. The van der Waals surface area contributed by atoms with Crippen LogP contribution in [0.15, 0.2) is 35.3 Å². The molecule has 129 valence electrons. The molecule has 0 bridgehead atoms. The molecule has 3 nitrogen and oxygen atoms in total. The van der Waals surface area contributed by atoms with Crippen molar-refractivity contribution < 1.29 is 13.5 Å². The smallest absolute Gasteiger partial charge is 0.133 e. The number of nitrogens with zero attached hydrogens (tertiary/aromatic N) is 1. The van der Waals surface area contributed by atoms with Crippen LogP contribution >= 0.6 is 0 Å². The van der Waals surface area contributed by atoms with Crippen molar-refractivity contribution in [2.24, 2.45) is 4.99 Å². The average molecular weight is 341 g/mol. The third-order valence-corrected chi connectivity index (χ3v) is 4.18. The van der Waals surface area contributed by atoms with Gasteiger partial charge in [-0.05, 0) is 31.4 Å². The van der Waals surface area contributed by atoms with Gasteiger partial charge in [0.05, 0.1) is 6.21 Å². The first-order valence-corrected chi connectivity index (χ1v) is 8.38. The SMILES string of the molecule is CCCCN=C1CCc2c(Oc3cc(F)cc(F)c3)ccc([C]=N)c21. The number of hydrogen-bond donors (Lipinski definition) is 1. The quantitative estimate of drug-likeness (QED) is 0.572. The second-order valence-corrected chi connectivity index (χ2v) is 5.98. The summed E-state index contributed by atoms with van der Waals surface area (Å²) in [5.74, 6) is -0.710. The summed E-state index contributed by atoms with van der Waals surface area (Å²) in [5.41, 5.74) is 3.41. The van der Waals surface area contributed by atoms with E-state index in [2.05, 4.69) is 18.1 Å². The van der Waals surface area contributed by atoms with Crippen molar-refractivity contribution in [3.63, 3.8) is 0 Å². The number of halogens is 2. The first kappa shape index (κ1) is 17.3. The number of hydrogen-bond acceptors (Lipinski definition) is 3. The largest absolute Gasteiger partial charge is 0.457 e. The molecular formula is C20H19F2N2O. The Labute approximate surface area is 145 Å². The fourth-order valence-electron chi connectivity index (χ4n) is 3.02. The van der Waals surface area contributed by atoms with Crippen LogP contribution in [0.1, 0.15) is 42.9 Å². The van der Waals surface area contributed by atoms with Crippen LogP contribution in [-0.4, -0.2) is 18.5 Å². The molecule has 1 aliphatic rings. The molecule has 1 N–H and O–H groups in total. The van der Waals surface area contributed by atoms with E-state index in [0.29, 0.717) is 11.3 Å². The van der Waals surface area contributed by atoms with E-state index in [4.69, 9.17) is 10.1 Å². The Morgan fingerprint density at radius 2 is 1.92 bits per heavy atom. The topological polar surface area (TPSA) is 45.4 Å². The van der Waals surface area contributed by atoms with Crippen molar-refractivity contribution in [2.45, 2.75) is 32.6 Å². The molecule has 5 heteroatoms. The van der Waals surface area contributed by atoms with Crippen molar-refractivity contribution in [3.05, 3.63) is 58.7 Å². The fraction of sp³-hybridized carbons (Fsp3) is 0.300. The molecule has 0 aliphatic heterocycles. The molecule has 0 heterocycles. The molecule has 0 amide bonds. The Morgan fingerprint density at radius 1 is 1.16 bits per heavy atom. The minimum absolute atomic E-state index is 0.114. The second kappa shape index (κ2) is 7.55. The summed E-state index contributed by atoms with van der Waals surface area (Å²) in [5, 5.41) is 7.52. The third-order valence-electron chi connectivity index (χ3n) is 4.18. The highest BCUT2D eigenvalue weighted by Gasteiger charge is 2.25. The van der Waals surface area contributed by atoms with Crippen LogP contribution in [0.4, 0.5) is 8.78 Å². The highest BCUT2D eigenvalue weighted by atomic mass is 19.1. The highest BCUT2D eigenvalue weighted by Crippen LogP contribution is 2.36. The van der Waals surface area contributed by atoms with Crippen molar-refractivity contribution >= 4 is 11.9 Å². The van der Waals surface area contributed by atoms with Gasteiger partial charge in [-0.25, -0.2) is 8.78 Å². The molecule has 0 spiro atoms. The van der Waals surface area contributed by atoms with Gasteiger partial charge in [0.15, 0.2) is 0 Å². The van der Waals surface area contributed by atoms with Gasteiger partial charge in [0.2, 0.25) is 0 Å². The predicted molar refractivity (Wildman–Crippen MR) is 94.3 cm³/mol. The number of ether oxygens (including phenoxy) is 1. The van der Waals surface area contributed by atoms with E-state index in [9.17, 15) is 8.78 Å². The van der Waals surface area contributed by atoms with Crippen LogP contribution in [0.25, 0.3) is 0 Å². The zero-order valence-corrected chi connectivity index (χ0v) is 14.0. The minimum atomic E-state index is -0.682. The number of benzene rings is 2. The molecule has 2 aromatic rings. The molecule has 0 saturated heterocycles. The van der Waals surface area contributed by atoms with E-state index in [1.807, 2.05) is 0 Å². The number of aliphatic imine (C=N–C) groups is 1. The van der Waals surface area contributed by atoms with Crippen LogP contribution in [0, 0.1) is 17.0 Å². The average Bonchev–Trinajstić information content (AvgIpc) is 2.99. The van der Waals surface area contributed by atoms with Crippen molar-refractivity contribution in [1.82, 2.24) is 0 Å². The summed E-state index contributed by atoms with van der Waals surface area (Å²) >= 11 is 0. The lowest BCUT2D eigenvalue weighted by Gasteiger charge is -2.12. The molecule has 25 heavy (non-hydrogen) atoms. The van der Waals surface area contributed by atoms with E-state index in [1.54, 1.807) is 12.1 Å². The molecule has 0 saturated carbocycles. The molecule has 0 unspecified atom stereocenters. The summed E-state index contributed by atoms with van der Waals surface area (Å²) in [6.07, 6.45) is 6.03. The van der Waals surface area contributed by atoms with Gasteiger partial charge in [-0.2, -0.15) is 0 Å². The van der Waals surface area contributed by atoms with Gasteiger partial charge in [0, 0.05) is 47.1 Å². The van der Waals surface area contributed by atoms with Crippen molar-refractivity contribution in [2.75, 3.05) is 6.54 Å². The molecular weight excluding hydrogens is 322 g/mol. The Balaban J connectivity index is 1.97. The monoisotopic (exact) mass is 341 g/mol.